The summed E-state index contributed by atoms with van der Waals surface area (Å²) in [5, 5.41) is 16.8. The average Bonchev–Trinajstić information content (AvgIpc) is 2.98. The Kier molecular flexibility index (Phi) is 7.20. The van der Waals surface area contributed by atoms with Gasteiger partial charge in [0.1, 0.15) is 0 Å². The van der Waals surface area contributed by atoms with Gasteiger partial charge in [0, 0.05) is 12.2 Å². The highest BCUT2D eigenvalue weighted by molar-refractivity contribution is 8.01. The van der Waals surface area contributed by atoms with Crippen molar-refractivity contribution < 1.29 is 9.59 Å². The maximum Gasteiger partial charge on any atom is 0.321 e. The highest BCUT2D eigenvalue weighted by Gasteiger charge is 2.11. The van der Waals surface area contributed by atoms with E-state index in [-0.39, 0.29) is 11.7 Å². The van der Waals surface area contributed by atoms with Gasteiger partial charge in [0.05, 0.1) is 5.75 Å². The fourth-order valence-corrected chi connectivity index (χ4v) is 3.37. The summed E-state index contributed by atoms with van der Waals surface area (Å²) in [7, 11) is 0. The summed E-state index contributed by atoms with van der Waals surface area (Å²) in [4.78, 5) is 23.3. The molecule has 9 heteroatoms. The second-order valence-corrected chi connectivity index (χ2v) is 8.01. The molecule has 134 valence electrons. The van der Waals surface area contributed by atoms with E-state index in [1.165, 1.54) is 23.1 Å². The standard InChI is InChI=1S/C16H21N5O2S2/c1-10(2)8-17-14(23)19-13(22)9-24-16-21-20-15(25-16)18-12-6-4-5-11(3)7-12/h4-7,10H,8-9H2,1-3H3,(H,18,20)(H2,17,19,22,23). The first-order valence-electron chi connectivity index (χ1n) is 7.80. The number of imide groups is 1. The fourth-order valence-electron chi connectivity index (χ4n) is 1.80. The number of benzene rings is 1. The molecular formula is C16H21N5O2S2. The van der Waals surface area contributed by atoms with Crippen LogP contribution in [0.1, 0.15) is 19.4 Å². The summed E-state index contributed by atoms with van der Waals surface area (Å²) in [6.07, 6.45) is 0. The third-order valence-corrected chi connectivity index (χ3v) is 4.90. The zero-order chi connectivity index (χ0) is 18.2. The van der Waals surface area contributed by atoms with Gasteiger partial charge < -0.3 is 10.6 Å². The lowest BCUT2D eigenvalue weighted by Crippen LogP contribution is -2.41. The van der Waals surface area contributed by atoms with Gasteiger partial charge >= 0.3 is 6.03 Å². The second-order valence-electron chi connectivity index (χ2n) is 5.81. The number of carbonyl (C=O) groups excluding carboxylic acids is 2. The van der Waals surface area contributed by atoms with Crippen LogP contribution in [0.2, 0.25) is 0 Å². The molecule has 0 radical (unpaired) electrons. The second kappa shape index (κ2) is 9.38. The van der Waals surface area contributed by atoms with Gasteiger partial charge in [-0.3, -0.25) is 10.1 Å². The molecule has 2 rings (SSSR count). The maximum absolute atomic E-state index is 11.8. The molecule has 0 fully saturated rings. The van der Waals surface area contributed by atoms with E-state index >= 15 is 0 Å². The van der Waals surface area contributed by atoms with Gasteiger partial charge in [-0.05, 0) is 30.5 Å². The van der Waals surface area contributed by atoms with Crippen LogP contribution in [0.3, 0.4) is 0 Å². The smallest absolute Gasteiger partial charge is 0.321 e. The molecule has 0 atom stereocenters. The Morgan fingerprint density at radius 2 is 2.08 bits per heavy atom. The Hall–Kier alpha value is -2.13. The number of aromatic nitrogens is 2. The molecule has 7 nitrogen and oxygen atoms in total. The predicted molar refractivity (Wildman–Crippen MR) is 101 cm³/mol. The maximum atomic E-state index is 11.8. The Balaban J connectivity index is 1.77. The molecule has 3 amide bonds. The summed E-state index contributed by atoms with van der Waals surface area (Å²) in [5.41, 5.74) is 2.09. The normalized spacial score (nSPS) is 10.6. The van der Waals surface area contributed by atoms with E-state index in [9.17, 15) is 9.59 Å². The van der Waals surface area contributed by atoms with Crippen LogP contribution in [0, 0.1) is 12.8 Å². The van der Waals surface area contributed by atoms with Gasteiger partial charge in [0.15, 0.2) is 4.34 Å². The lowest BCUT2D eigenvalue weighted by atomic mass is 10.2. The molecule has 25 heavy (non-hydrogen) atoms. The van der Waals surface area contributed by atoms with Crippen LogP contribution in [-0.2, 0) is 4.79 Å². The number of urea groups is 1. The number of anilines is 2. The lowest BCUT2D eigenvalue weighted by molar-refractivity contribution is -0.117. The van der Waals surface area contributed by atoms with E-state index in [1.807, 2.05) is 45.0 Å². The van der Waals surface area contributed by atoms with Crippen LogP contribution >= 0.6 is 23.1 Å². The predicted octanol–water partition coefficient (Wildman–Crippen LogP) is 3.16. The summed E-state index contributed by atoms with van der Waals surface area (Å²) >= 11 is 2.60. The van der Waals surface area contributed by atoms with Crippen molar-refractivity contribution in [3.05, 3.63) is 29.8 Å². The molecule has 3 N–H and O–H groups in total. The van der Waals surface area contributed by atoms with E-state index < -0.39 is 6.03 Å². The quantitative estimate of drug-likeness (QED) is 0.640. The van der Waals surface area contributed by atoms with Crippen LogP contribution in [0.15, 0.2) is 28.6 Å². The summed E-state index contributed by atoms with van der Waals surface area (Å²) in [6, 6.07) is 7.46. The Morgan fingerprint density at radius 1 is 1.28 bits per heavy atom. The van der Waals surface area contributed by atoms with E-state index in [4.69, 9.17) is 0 Å². The summed E-state index contributed by atoms with van der Waals surface area (Å²) < 4.78 is 0.660. The number of carbonyl (C=O) groups is 2. The molecule has 1 aromatic carbocycles. The van der Waals surface area contributed by atoms with Crippen LogP contribution in [0.4, 0.5) is 15.6 Å². The minimum atomic E-state index is -0.474. The molecule has 0 aliphatic carbocycles. The SMILES string of the molecule is Cc1cccc(Nc2nnc(SCC(=O)NC(=O)NCC(C)C)s2)c1. The van der Waals surface area contributed by atoms with Gasteiger partial charge in [-0.25, -0.2) is 4.79 Å². The minimum absolute atomic E-state index is 0.105. The number of thioether (sulfide) groups is 1. The van der Waals surface area contributed by atoms with Crippen LogP contribution in [0.5, 0.6) is 0 Å². The Bertz CT molecular complexity index is 733. The molecule has 1 heterocycles. The third kappa shape index (κ3) is 7.10. The monoisotopic (exact) mass is 379 g/mol. The molecule has 0 saturated carbocycles. The van der Waals surface area contributed by atoms with Crippen molar-refractivity contribution in [2.45, 2.75) is 25.1 Å². The largest absolute Gasteiger partial charge is 0.338 e. The van der Waals surface area contributed by atoms with Gasteiger partial charge in [-0.1, -0.05) is 49.1 Å². The van der Waals surface area contributed by atoms with E-state index in [1.54, 1.807) is 0 Å². The number of hydrogen-bond acceptors (Lipinski definition) is 7. The molecule has 2 aromatic rings. The first kappa shape index (κ1) is 19.2. The first-order chi connectivity index (χ1) is 11.9. The minimum Gasteiger partial charge on any atom is -0.338 e. The molecule has 0 spiro atoms. The Morgan fingerprint density at radius 3 is 2.80 bits per heavy atom. The highest BCUT2D eigenvalue weighted by atomic mass is 32.2. The summed E-state index contributed by atoms with van der Waals surface area (Å²) in [5.74, 6) is 0.0688. The van der Waals surface area contributed by atoms with Crippen molar-refractivity contribution >= 4 is 45.9 Å². The van der Waals surface area contributed by atoms with Crippen molar-refractivity contribution in [3.63, 3.8) is 0 Å². The van der Waals surface area contributed by atoms with E-state index in [0.29, 0.717) is 21.9 Å². The molecule has 0 aliphatic heterocycles. The van der Waals surface area contributed by atoms with Crippen molar-refractivity contribution in [1.29, 1.82) is 0 Å². The zero-order valence-electron chi connectivity index (χ0n) is 14.3. The van der Waals surface area contributed by atoms with Crippen LogP contribution in [0.25, 0.3) is 0 Å². The van der Waals surface area contributed by atoms with Gasteiger partial charge in [0.2, 0.25) is 11.0 Å². The number of aryl methyl sites for hydroxylation is 1. The first-order valence-corrected chi connectivity index (χ1v) is 9.60. The van der Waals surface area contributed by atoms with Crippen molar-refractivity contribution in [1.82, 2.24) is 20.8 Å². The van der Waals surface area contributed by atoms with Gasteiger partial charge in [-0.15, -0.1) is 10.2 Å². The van der Waals surface area contributed by atoms with E-state index in [0.717, 1.165) is 11.3 Å². The van der Waals surface area contributed by atoms with Gasteiger partial charge in [-0.2, -0.15) is 0 Å². The molecule has 1 aromatic heterocycles. The fraction of sp³-hybridized carbons (Fsp3) is 0.375. The average molecular weight is 380 g/mol. The molecule has 0 aliphatic rings. The Labute approximate surface area is 155 Å². The molecule has 0 unspecified atom stereocenters. The van der Waals surface area contributed by atoms with E-state index in [2.05, 4.69) is 26.1 Å². The van der Waals surface area contributed by atoms with Crippen molar-refractivity contribution in [2.75, 3.05) is 17.6 Å². The van der Waals surface area contributed by atoms with Crippen molar-refractivity contribution in [2.24, 2.45) is 5.92 Å². The van der Waals surface area contributed by atoms with Crippen molar-refractivity contribution in [3.8, 4) is 0 Å². The van der Waals surface area contributed by atoms with Crippen LogP contribution < -0.4 is 16.0 Å². The summed E-state index contributed by atoms with van der Waals surface area (Å²) in [6.45, 7) is 6.50. The number of nitrogens with one attached hydrogen (secondary N) is 3. The number of rotatable bonds is 7. The van der Waals surface area contributed by atoms with Crippen LogP contribution in [-0.4, -0.2) is 34.4 Å². The molecular weight excluding hydrogens is 358 g/mol. The number of hydrogen-bond donors (Lipinski definition) is 3. The zero-order valence-corrected chi connectivity index (χ0v) is 16.0. The topological polar surface area (TPSA) is 96.0 Å². The number of nitrogens with zero attached hydrogens (tertiary/aromatic N) is 2. The molecule has 0 saturated heterocycles. The lowest BCUT2D eigenvalue weighted by Gasteiger charge is -2.07. The number of amides is 3. The van der Waals surface area contributed by atoms with Gasteiger partial charge in [0.25, 0.3) is 0 Å². The highest BCUT2D eigenvalue weighted by Crippen LogP contribution is 2.27. The molecule has 0 bridgehead atoms. The third-order valence-electron chi connectivity index (χ3n) is 2.93.